The number of pyridine rings is 1. The molecule has 1 rings (SSSR count). The molecule has 1 aromatic heterocycles. The quantitative estimate of drug-likeness (QED) is 0.728. The molecule has 0 unspecified atom stereocenters. The minimum absolute atomic E-state index is 0.00361. The van der Waals surface area contributed by atoms with Gasteiger partial charge in [0.05, 0.1) is 6.61 Å². The lowest BCUT2D eigenvalue weighted by molar-refractivity contribution is 0.143. The Morgan fingerprint density at radius 3 is 2.57 bits per heavy atom. The van der Waals surface area contributed by atoms with E-state index in [1.54, 1.807) is 0 Å². The van der Waals surface area contributed by atoms with Gasteiger partial charge in [0.15, 0.2) is 0 Å². The summed E-state index contributed by atoms with van der Waals surface area (Å²) >= 11 is 0. The molecule has 3 N–H and O–H groups in total. The molecule has 1 heterocycles. The second-order valence-corrected chi connectivity index (χ2v) is 2.63. The third-order valence-electron chi connectivity index (χ3n) is 1.80. The van der Waals surface area contributed by atoms with Gasteiger partial charge in [0.1, 0.15) is 5.69 Å². The minimum atomic E-state index is -2.89. The number of aliphatic hydroxyl groups excluding tert-OH is 1. The first-order chi connectivity index (χ1) is 6.60. The van der Waals surface area contributed by atoms with Gasteiger partial charge in [-0.25, -0.2) is 13.8 Å². The topological polar surface area (TPSA) is 59.1 Å². The Kier molecular flexibility index (Phi) is 3.43. The van der Waals surface area contributed by atoms with Crippen molar-refractivity contribution in [2.45, 2.75) is 19.6 Å². The van der Waals surface area contributed by atoms with Crippen molar-refractivity contribution in [3.05, 3.63) is 28.8 Å². The highest BCUT2D eigenvalue weighted by Gasteiger charge is 2.18. The molecule has 0 saturated heterocycles. The lowest BCUT2D eigenvalue weighted by Crippen LogP contribution is -2.10. The van der Waals surface area contributed by atoms with E-state index in [9.17, 15) is 13.2 Å². The van der Waals surface area contributed by atoms with E-state index < -0.39 is 24.7 Å². The number of nitrogens with zero attached hydrogens (tertiary/aromatic N) is 1. The van der Waals surface area contributed by atoms with Gasteiger partial charge in [-0.1, -0.05) is 0 Å². The highest BCUT2D eigenvalue weighted by Crippen LogP contribution is 2.23. The Morgan fingerprint density at radius 2 is 2.14 bits per heavy atom. The smallest absolute Gasteiger partial charge is 0.280 e. The number of aromatic nitrogens is 1. The number of halogens is 3. The van der Waals surface area contributed by atoms with Gasteiger partial charge in [-0.15, -0.1) is 0 Å². The summed E-state index contributed by atoms with van der Waals surface area (Å²) in [6.45, 7) is -0.742. The van der Waals surface area contributed by atoms with Gasteiger partial charge >= 0.3 is 0 Å². The fraction of sp³-hybridized carbons (Fsp3) is 0.375. The monoisotopic (exact) mass is 206 g/mol. The van der Waals surface area contributed by atoms with Crippen LogP contribution in [-0.4, -0.2) is 10.1 Å². The van der Waals surface area contributed by atoms with Crippen molar-refractivity contribution >= 4 is 0 Å². The largest absolute Gasteiger partial charge is 0.392 e. The maximum absolute atomic E-state index is 12.7. The van der Waals surface area contributed by atoms with Crippen LogP contribution in [0.1, 0.15) is 23.2 Å². The van der Waals surface area contributed by atoms with Gasteiger partial charge in [0, 0.05) is 6.54 Å². The number of aliphatic hydroxyl groups is 1. The summed E-state index contributed by atoms with van der Waals surface area (Å²) in [4.78, 5) is 3.04. The Bertz CT molecular complexity index is 331. The zero-order chi connectivity index (χ0) is 10.7. The molecule has 0 aliphatic rings. The third kappa shape index (κ3) is 2.02. The van der Waals surface area contributed by atoms with E-state index in [2.05, 4.69) is 4.98 Å². The molecular weight excluding hydrogens is 197 g/mol. The highest BCUT2D eigenvalue weighted by atomic mass is 19.3. The number of rotatable bonds is 3. The average molecular weight is 206 g/mol. The maximum atomic E-state index is 12.7. The van der Waals surface area contributed by atoms with Crippen LogP contribution in [-0.2, 0) is 13.2 Å². The lowest BCUT2D eigenvalue weighted by atomic mass is 10.1. The van der Waals surface area contributed by atoms with Crippen molar-refractivity contribution < 1.29 is 18.3 Å². The zero-order valence-corrected chi connectivity index (χ0v) is 7.17. The second kappa shape index (κ2) is 4.39. The normalized spacial score (nSPS) is 11.0. The van der Waals surface area contributed by atoms with Crippen LogP contribution >= 0.6 is 0 Å². The van der Waals surface area contributed by atoms with Crippen LogP contribution in [0.5, 0.6) is 0 Å². The predicted molar refractivity (Wildman–Crippen MR) is 43.0 cm³/mol. The van der Waals surface area contributed by atoms with Gasteiger partial charge in [-0.3, -0.25) is 0 Å². The molecule has 1 aromatic rings. The number of nitrogens with two attached hydrogens (primary N) is 1. The molecule has 0 aliphatic heterocycles. The predicted octanol–water partition coefficient (Wildman–Crippen LogP) is 1.11. The van der Waals surface area contributed by atoms with Gasteiger partial charge in [0.25, 0.3) is 6.43 Å². The van der Waals surface area contributed by atoms with Crippen molar-refractivity contribution in [3.8, 4) is 0 Å². The molecule has 78 valence electrons. The fourth-order valence-electron chi connectivity index (χ4n) is 1.17. The number of hydrogen-bond acceptors (Lipinski definition) is 3. The Labute approximate surface area is 78.4 Å². The van der Waals surface area contributed by atoms with E-state index in [1.165, 1.54) is 0 Å². The maximum Gasteiger partial charge on any atom is 0.280 e. The van der Waals surface area contributed by atoms with Crippen LogP contribution in [0, 0.1) is 5.95 Å². The first kappa shape index (κ1) is 10.9. The third-order valence-corrected chi connectivity index (χ3v) is 1.80. The van der Waals surface area contributed by atoms with Gasteiger partial charge in [-0.05, 0) is 17.2 Å². The van der Waals surface area contributed by atoms with Gasteiger partial charge in [-0.2, -0.15) is 4.39 Å². The summed E-state index contributed by atoms with van der Waals surface area (Å²) in [6, 6.07) is 0.897. The van der Waals surface area contributed by atoms with E-state index >= 15 is 0 Å². The van der Waals surface area contributed by atoms with Crippen molar-refractivity contribution in [3.63, 3.8) is 0 Å². The van der Waals surface area contributed by atoms with Crippen molar-refractivity contribution in [1.82, 2.24) is 4.98 Å². The molecule has 0 saturated carbocycles. The van der Waals surface area contributed by atoms with Crippen LogP contribution in [0.2, 0.25) is 0 Å². The molecule has 0 aliphatic carbocycles. The Hall–Kier alpha value is -1.14. The molecule has 0 fully saturated rings. The summed E-state index contributed by atoms with van der Waals surface area (Å²) in [5.41, 5.74) is 4.57. The van der Waals surface area contributed by atoms with Gasteiger partial charge < -0.3 is 10.8 Å². The summed E-state index contributed by atoms with van der Waals surface area (Å²) in [5.74, 6) is -1.04. The summed E-state index contributed by atoms with van der Waals surface area (Å²) in [6.07, 6.45) is -2.89. The second-order valence-electron chi connectivity index (χ2n) is 2.63. The molecule has 0 aromatic carbocycles. The Morgan fingerprint density at radius 1 is 1.50 bits per heavy atom. The van der Waals surface area contributed by atoms with Crippen molar-refractivity contribution in [2.75, 3.05) is 0 Å². The molecule has 0 amide bonds. The zero-order valence-electron chi connectivity index (χ0n) is 7.17. The van der Waals surface area contributed by atoms with Crippen LogP contribution in [0.15, 0.2) is 6.07 Å². The molecule has 3 nitrogen and oxygen atoms in total. The molecule has 0 radical (unpaired) electrons. The average Bonchev–Trinajstić information content (AvgIpc) is 2.16. The van der Waals surface area contributed by atoms with Gasteiger partial charge in [0.2, 0.25) is 5.95 Å². The van der Waals surface area contributed by atoms with Crippen molar-refractivity contribution in [2.24, 2.45) is 5.73 Å². The molecule has 0 bridgehead atoms. The first-order valence-electron chi connectivity index (χ1n) is 3.87. The van der Waals surface area contributed by atoms with Crippen molar-refractivity contribution in [1.29, 1.82) is 0 Å². The molecule has 0 spiro atoms. The van der Waals surface area contributed by atoms with Crippen LogP contribution in [0.3, 0.4) is 0 Å². The minimum Gasteiger partial charge on any atom is -0.392 e. The van der Waals surface area contributed by atoms with E-state index in [0.717, 1.165) is 6.07 Å². The molecule has 6 heteroatoms. The highest BCUT2D eigenvalue weighted by molar-refractivity contribution is 5.30. The SMILES string of the molecule is NCc1c(CO)cc(F)nc1C(F)F. The summed E-state index contributed by atoms with van der Waals surface area (Å²) < 4.78 is 37.4. The fourth-order valence-corrected chi connectivity index (χ4v) is 1.17. The Balaban J connectivity index is 3.31. The van der Waals surface area contributed by atoms with E-state index in [4.69, 9.17) is 10.8 Å². The standard InChI is InChI=1S/C8H9F3N2O/c9-6-1-4(3-14)5(2-12)7(13-6)8(10)11/h1,8,14H,2-3,12H2. The van der Waals surface area contributed by atoms with E-state index in [1.807, 2.05) is 0 Å². The van der Waals surface area contributed by atoms with E-state index in [-0.39, 0.29) is 17.7 Å². The summed E-state index contributed by atoms with van der Waals surface area (Å²) in [5, 5.41) is 8.79. The molecule has 0 atom stereocenters. The lowest BCUT2D eigenvalue weighted by Gasteiger charge is -2.10. The number of hydrogen-bond donors (Lipinski definition) is 2. The first-order valence-corrected chi connectivity index (χ1v) is 3.87. The van der Waals surface area contributed by atoms with Crippen LogP contribution in [0.25, 0.3) is 0 Å². The van der Waals surface area contributed by atoms with Crippen LogP contribution < -0.4 is 5.73 Å². The molecule has 14 heavy (non-hydrogen) atoms. The molecular formula is C8H9F3N2O. The summed E-state index contributed by atoms with van der Waals surface area (Å²) in [7, 11) is 0. The number of alkyl halides is 2. The van der Waals surface area contributed by atoms with Crippen LogP contribution in [0.4, 0.5) is 13.2 Å². The van der Waals surface area contributed by atoms with E-state index in [0.29, 0.717) is 0 Å².